The van der Waals surface area contributed by atoms with Gasteiger partial charge in [0.15, 0.2) is 0 Å². The minimum atomic E-state index is -1.07. The lowest BCUT2D eigenvalue weighted by molar-refractivity contribution is -0.154. The number of carbonyl (C=O) groups is 2. The Morgan fingerprint density at radius 1 is 1.33 bits per heavy atom. The van der Waals surface area contributed by atoms with E-state index in [4.69, 9.17) is 5.11 Å². The molecule has 0 bridgehead atoms. The zero-order valence-electron chi connectivity index (χ0n) is 8.93. The number of carboxylic acid groups (broad SMARTS) is 2. The zero-order valence-corrected chi connectivity index (χ0v) is 8.93. The highest BCUT2D eigenvalue weighted by Gasteiger charge is 2.46. The molecule has 1 unspecified atom stereocenters. The third kappa shape index (κ3) is 1.90. The number of carboxylic acids is 1. The Hall–Kier alpha value is -1.30. The summed E-state index contributed by atoms with van der Waals surface area (Å²) < 4.78 is 0. The summed E-state index contributed by atoms with van der Waals surface area (Å²) in [6.07, 6.45) is -0.662. The number of hydrogen-bond acceptors (Lipinski definition) is 3. The quantitative estimate of drug-likeness (QED) is 0.686. The van der Waals surface area contributed by atoms with Gasteiger partial charge in [0, 0.05) is 13.1 Å². The van der Waals surface area contributed by atoms with Crippen LogP contribution in [0.25, 0.3) is 0 Å². The average molecular weight is 216 g/mol. The van der Waals surface area contributed by atoms with Gasteiger partial charge in [-0.05, 0) is 13.5 Å². The number of nitrogens with zero attached hydrogens (tertiary/aromatic N) is 2. The molecular formula is C9H16N2O4. The van der Waals surface area contributed by atoms with Crippen molar-refractivity contribution < 1.29 is 19.8 Å². The molecule has 0 saturated carbocycles. The number of amides is 1. The Balaban J connectivity index is 2.92. The van der Waals surface area contributed by atoms with Gasteiger partial charge in [0.2, 0.25) is 0 Å². The monoisotopic (exact) mass is 216 g/mol. The van der Waals surface area contributed by atoms with Gasteiger partial charge >= 0.3 is 12.1 Å². The molecule has 1 fully saturated rings. The Kier molecular flexibility index (Phi) is 3.18. The van der Waals surface area contributed by atoms with E-state index in [1.165, 1.54) is 0 Å². The van der Waals surface area contributed by atoms with Crippen LogP contribution in [-0.2, 0) is 4.79 Å². The highest BCUT2D eigenvalue weighted by molar-refractivity contribution is 5.80. The number of likely N-dealkylation sites (N-methyl/N-ethyl adjacent to an activating group) is 1. The number of aliphatic carboxylic acids is 1. The molecule has 0 radical (unpaired) electrons. The first-order valence-corrected chi connectivity index (χ1v) is 4.86. The number of rotatable bonds is 2. The molecule has 15 heavy (non-hydrogen) atoms. The smallest absolute Gasteiger partial charge is 0.407 e. The van der Waals surface area contributed by atoms with E-state index in [1.807, 2.05) is 0 Å². The maximum atomic E-state index is 11.2. The lowest BCUT2D eigenvalue weighted by Gasteiger charge is -2.45. The first-order chi connectivity index (χ1) is 6.94. The molecule has 0 aliphatic carbocycles. The third-order valence-corrected chi connectivity index (χ3v) is 3.14. The second kappa shape index (κ2) is 4.06. The lowest BCUT2D eigenvalue weighted by atomic mass is 9.91. The molecule has 1 amide bonds. The van der Waals surface area contributed by atoms with E-state index in [9.17, 15) is 14.7 Å². The molecule has 6 nitrogen and oxygen atoms in total. The summed E-state index contributed by atoms with van der Waals surface area (Å²) in [4.78, 5) is 24.9. The van der Waals surface area contributed by atoms with Crippen molar-refractivity contribution in [3.63, 3.8) is 0 Å². The summed E-state index contributed by atoms with van der Waals surface area (Å²) in [5, 5.41) is 18.0. The van der Waals surface area contributed by atoms with Crippen LogP contribution in [0, 0.1) is 0 Å². The van der Waals surface area contributed by atoms with Crippen LogP contribution in [0.1, 0.15) is 13.3 Å². The minimum Gasteiger partial charge on any atom is -0.480 e. The molecule has 1 aliphatic rings. The van der Waals surface area contributed by atoms with Gasteiger partial charge in [-0.2, -0.15) is 0 Å². The van der Waals surface area contributed by atoms with Crippen LogP contribution in [0.4, 0.5) is 4.79 Å². The Labute approximate surface area is 88.1 Å². The van der Waals surface area contributed by atoms with Gasteiger partial charge in [0.1, 0.15) is 5.54 Å². The van der Waals surface area contributed by atoms with E-state index in [0.29, 0.717) is 19.5 Å². The molecule has 6 heteroatoms. The van der Waals surface area contributed by atoms with Gasteiger partial charge in [0.05, 0.1) is 6.54 Å². The van der Waals surface area contributed by atoms with Crippen molar-refractivity contribution in [3.8, 4) is 0 Å². The van der Waals surface area contributed by atoms with E-state index < -0.39 is 17.6 Å². The van der Waals surface area contributed by atoms with E-state index in [1.54, 1.807) is 18.9 Å². The summed E-state index contributed by atoms with van der Waals surface area (Å²) in [7, 11) is 1.72. The summed E-state index contributed by atoms with van der Waals surface area (Å²) in [5.41, 5.74) is -1.07. The first-order valence-electron chi connectivity index (χ1n) is 4.86. The Bertz CT molecular complexity index is 281. The van der Waals surface area contributed by atoms with Crippen LogP contribution >= 0.6 is 0 Å². The molecule has 1 rings (SSSR count). The second-order valence-corrected chi connectivity index (χ2v) is 3.82. The second-order valence-electron chi connectivity index (χ2n) is 3.82. The molecule has 0 aromatic heterocycles. The molecule has 2 N–H and O–H groups in total. The van der Waals surface area contributed by atoms with Crippen LogP contribution in [0.5, 0.6) is 0 Å². The third-order valence-electron chi connectivity index (χ3n) is 3.14. The maximum Gasteiger partial charge on any atom is 0.407 e. The molecule has 0 spiro atoms. The van der Waals surface area contributed by atoms with E-state index in [-0.39, 0.29) is 6.54 Å². The molecule has 1 aliphatic heterocycles. The topological polar surface area (TPSA) is 81.1 Å². The fourth-order valence-electron chi connectivity index (χ4n) is 1.93. The van der Waals surface area contributed by atoms with Crippen LogP contribution < -0.4 is 0 Å². The van der Waals surface area contributed by atoms with E-state index in [2.05, 4.69) is 0 Å². The Morgan fingerprint density at radius 3 is 2.33 bits per heavy atom. The van der Waals surface area contributed by atoms with Gasteiger partial charge in [-0.15, -0.1) is 0 Å². The van der Waals surface area contributed by atoms with Gasteiger partial charge < -0.3 is 15.1 Å². The van der Waals surface area contributed by atoms with Crippen molar-refractivity contribution in [3.05, 3.63) is 0 Å². The van der Waals surface area contributed by atoms with Crippen LogP contribution in [0.2, 0.25) is 0 Å². The highest BCUT2D eigenvalue weighted by Crippen LogP contribution is 2.24. The summed E-state index contributed by atoms with van der Waals surface area (Å²) >= 11 is 0. The van der Waals surface area contributed by atoms with Crippen molar-refractivity contribution in [2.75, 3.05) is 26.7 Å². The van der Waals surface area contributed by atoms with Crippen LogP contribution in [0.15, 0.2) is 0 Å². The van der Waals surface area contributed by atoms with Crippen molar-refractivity contribution >= 4 is 12.1 Å². The van der Waals surface area contributed by atoms with Crippen molar-refractivity contribution in [2.24, 2.45) is 0 Å². The molecule has 1 heterocycles. The standard InChI is InChI=1S/C9H16N2O4/c1-3-9(7(12)13)6-11(8(14)15)5-4-10(9)2/h3-6H2,1-2H3,(H,12,13)(H,14,15). The lowest BCUT2D eigenvalue weighted by Crippen LogP contribution is -2.65. The van der Waals surface area contributed by atoms with E-state index in [0.717, 1.165) is 4.90 Å². The predicted octanol–water partition coefficient (Wildman–Crippen LogP) is 0.145. The molecule has 1 atom stereocenters. The van der Waals surface area contributed by atoms with Crippen LogP contribution in [0.3, 0.4) is 0 Å². The fraction of sp³-hybridized carbons (Fsp3) is 0.778. The van der Waals surface area contributed by atoms with Gasteiger partial charge in [-0.1, -0.05) is 6.92 Å². The van der Waals surface area contributed by atoms with Gasteiger partial charge in [0.25, 0.3) is 0 Å². The first kappa shape index (κ1) is 11.8. The van der Waals surface area contributed by atoms with E-state index >= 15 is 0 Å². The largest absolute Gasteiger partial charge is 0.480 e. The normalized spacial score (nSPS) is 27.7. The van der Waals surface area contributed by atoms with Crippen molar-refractivity contribution in [1.82, 2.24) is 9.80 Å². The van der Waals surface area contributed by atoms with Crippen molar-refractivity contribution in [2.45, 2.75) is 18.9 Å². The molecule has 86 valence electrons. The van der Waals surface area contributed by atoms with Crippen LogP contribution in [-0.4, -0.2) is 64.3 Å². The predicted molar refractivity (Wildman–Crippen MR) is 52.9 cm³/mol. The highest BCUT2D eigenvalue weighted by atomic mass is 16.4. The molecular weight excluding hydrogens is 200 g/mol. The maximum absolute atomic E-state index is 11.2. The summed E-state index contributed by atoms with van der Waals surface area (Å²) in [6, 6.07) is 0. The minimum absolute atomic E-state index is 0.0324. The molecule has 0 aromatic rings. The summed E-state index contributed by atoms with van der Waals surface area (Å²) in [6.45, 7) is 2.61. The van der Waals surface area contributed by atoms with Gasteiger partial charge in [-0.25, -0.2) is 4.79 Å². The van der Waals surface area contributed by atoms with Crippen molar-refractivity contribution in [1.29, 1.82) is 0 Å². The molecule has 1 saturated heterocycles. The summed E-state index contributed by atoms with van der Waals surface area (Å²) in [5.74, 6) is -0.960. The number of piperazine rings is 1. The fourth-order valence-corrected chi connectivity index (χ4v) is 1.93. The zero-order chi connectivity index (χ0) is 11.6. The Morgan fingerprint density at radius 2 is 1.93 bits per heavy atom. The number of hydrogen-bond donors (Lipinski definition) is 2. The average Bonchev–Trinajstić information content (AvgIpc) is 2.18. The molecule has 0 aromatic carbocycles. The van der Waals surface area contributed by atoms with Gasteiger partial charge in [-0.3, -0.25) is 9.69 Å². The SMILES string of the molecule is CCC1(C(=O)O)CN(C(=O)O)CCN1C.